The maximum atomic E-state index is 11.6. The van der Waals surface area contributed by atoms with Crippen LogP contribution in [0.4, 0.5) is 5.69 Å². The number of halogens is 1. The number of nitrogens with zero attached hydrogens (tertiary/aromatic N) is 3. The van der Waals surface area contributed by atoms with Gasteiger partial charge in [-0.2, -0.15) is 5.10 Å². The molecule has 1 saturated heterocycles. The molecule has 0 saturated carbocycles. The first-order chi connectivity index (χ1) is 14.0. The van der Waals surface area contributed by atoms with E-state index in [1.54, 1.807) is 6.07 Å². The van der Waals surface area contributed by atoms with Gasteiger partial charge in [-0.1, -0.05) is 12.1 Å². The van der Waals surface area contributed by atoms with Crippen LogP contribution >= 0.6 is 15.9 Å². The Labute approximate surface area is 177 Å². The van der Waals surface area contributed by atoms with Crippen LogP contribution in [0, 0.1) is 12.8 Å². The summed E-state index contributed by atoms with van der Waals surface area (Å²) in [5, 5.41) is 5.75. The minimum atomic E-state index is -0.425. The monoisotopic (exact) mass is 454 g/mol. The molecule has 0 aliphatic carbocycles. The number of primary amides is 1. The van der Waals surface area contributed by atoms with Gasteiger partial charge in [0, 0.05) is 40.7 Å². The van der Waals surface area contributed by atoms with Crippen molar-refractivity contribution >= 4 is 44.7 Å². The number of fused-ring (bicyclic) bond motifs is 1. The van der Waals surface area contributed by atoms with Gasteiger partial charge in [0.25, 0.3) is 0 Å². The predicted octanol–water partition coefficient (Wildman–Crippen LogP) is 3.94. The van der Waals surface area contributed by atoms with Crippen LogP contribution < -0.4 is 10.6 Å². The maximum Gasteiger partial charge on any atom is 0.248 e. The number of nitrogens with two attached hydrogens (primary N) is 1. The lowest BCUT2D eigenvalue weighted by molar-refractivity contribution is 0.1000. The highest BCUT2D eigenvalue weighted by Crippen LogP contribution is 2.31. The first-order valence-corrected chi connectivity index (χ1v) is 10.5. The molecule has 1 aromatic heterocycles. The Morgan fingerprint density at radius 3 is 2.72 bits per heavy atom. The molecular weight excluding hydrogens is 432 g/mol. The Bertz CT molecular complexity index is 1080. The average molecular weight is 455 g/mol. The Kier molecular flexibility index (Phi) is 5.41. The van der Waals surface area contributed by atoms with E-state index in [1.165, 1.54) is 0 Å². The number of piperidine rings is 1. The molecule has 2 N–H and O–H groups in total. The van der Waals surface area contributed by atoms with Crippen LogP contribution in [-0.2, 0) is 6.54 Å². The number of hydrogen-bond donors (Lipinski definition) is 1. The van der Waals surface area contributed by atoms with Crippen LogP contribution in [-0.4, -0.2) is 35.1 Å². The van der Waals surface area contributed by atoms with Gasteiger partial charge in [-0.3, -0.25) is 14.3 Å². The van der Waals surface area contributed by atoms with E-state index in [1.807, 2.05) is 41.9 Å². The van der Waals surface area contributed by atoms with Crippen molar-refractivity contribution in [3.63, 3.8) is 0 Å². The van der Waals surface area contributed by atoms with E-state index in [0.717, 1.165) is 65.5 Å². The van der Waals surface area contributed by atoms with E-state index in [-0.39, 0.29) is 0 Å². The van der Waals surface area contributed by atoms with E-state index in [9.17, 15) is 9.59 Å². The number of aldehydes is 1. The van der Waals surface area contributed by atoms with Crippen molar-refractivity contribution in [1.82, 2.24) is 9.78 Å². The second kappa shape index (κ2) is 7.99. The van der Waals surface area contributed by atoms with Gasteiger partial charge in [0.05, 0.1) is 16.8 Å². The summed E-state index contributed by atoms with van der Waals surface area (Å²) >= 11 is 3.47. The molecule has 1 aliphatic heterocycles. The summed E-state index contributed by atoms with van der Waals surface area (Å²) in [6.45, 7) is 4.58. The molecule has 1 fully saturated rings. The summed E-state index contributed by atoms with van der Waals surface area (Å²) < 4.78 is 2.84. The smallest absolute Gasteiger partial charge is 0.248 e. The number of anilines is 1. The third-order valence-corrected chi connectivity index (χ3v) is 6.45. The molecule has 29 heavy (non-hydrogen) atoms. The van der Waals surface area contributed by atoms with Gasteiger partial charge in [0.1, 0.15) is 0 Å². The Hall–Kier alpha value is -2.67. The van der Waals surface area contributed by atoms with Crippen LogP contribution in [0.1, 0.15) is 39.3 Å². The van der Waals surface area contributed by atoms with Crippen LogP contribution in [0.3, 0.4) is 0 Å². The van der Waals surface area contributed by atoms with Crippen LogP contribution in [0.25, 0.3) is 10.9 Å². The van der Waals surface area contributed by atoms with E-state index in [4.69, 9.17) is 10.8 Å². The molecule has 0 bridgehead atoms. The summed E-state index contributed by atoms with van der Waals surface area (Å²) in [6.07, 6.45) is 2.95. The van der Waals surface area contributed by atoms with Gasteiger partial charge in [0.2, 0.25) is 5.91 Å². The van der Waals surface area contributed by atoms with Crippen molar-refractivity contribution in [2.75, 3.05) is 18.0 Å². The lowest BCUT2D eigenvalue weighted by atomic mass is 9.96. The van der Waals surface area contributed by atoms with Gasteiger partial charge in [-0.25, -0.2) is 0 Å². The SMILES string of the molecule is Cc1nn(CC2CCN(c3cccc(Br)c3C=O)CC2)c2cc(C(N)=O)ccc12. The molecule has 0 unspecified atom stereocenters. The number of amides is 1. The quantitative estimate of drug-likeness (QED) is 0.591. The summed E-state index contributed by atoms with van der Waals surface area (Å²) in [6, 6.07) is 11.4. The fourth-order valence-corrected chi connectivity index (χ4v) is 4.60. The van der Waals surface area contributed by atoms with Crippen molar-refractivity contribution in [3.05, 3.63) is 57.7 Å². The molecule has 0 spiro atoms. The first-order valence-electron chi connectivity index (χ1n) is 9.73. The molecule has 0 atom stereocenters. The molecule has 150 valence electrons. The van der Waals surface area contributed by atoms with Crippen molar-refractivity contribution < 1.29 is 9.59 Å². The fourth-order valence-electron chi connectivity index (χ4n) is 4.15. The third kappa shape index (κ3) is 3.79. The number of aromatic nitrogens is 2. The zero-order valence-corrected chi connectivity index (χ0v) is 17.9. The van der Waals surface area contributed by atoms with E-state index in [2.05, 4.69) is 20.8 Å². The molecule has 2 heterocycles. The van der Waals surface area contributed by atoms with E-state index >= 15 is 0 Å². The number of benzene rings is 2. The largest absolute Gasteiger partial charge is 0.371 e. The topological polar surface area (TPSA) is 81.2 Å². The van der Waals surface area contributed by atoms with E-state index < -0.39 is 5.91 Å². The fraction of sp³-hybridized carbons (Fsp3) is 0.318. The highest BCUT2D eigenvalue weighted by molar-refractivity contribution is 9.10. The molecule has 7 heteroatoms. The second-order valence-corrected chi connectivity index (χ2v) is 8.44. The lowest BCUT2D eigenvalue weighted by Crippen LogP contribution is -2.35. The van der Waals surface area contributed by atoms with E-state index in [0.29, 0.717) is 17.0 Å². The summed E-state index contributed by atoms with van der Waals surface area (Å²) in [5.41, 5.74) is 9.56. The molecule has 6 nitrogen and oxygen atoms in total. The molecule has 4 rings (SSSR count). The number of aryl methyl sites for hydroxylation is 1. The Balaban J connectivity index is 1.51. The van der Waals surface area contributed by atoms with Gasteiger partial charge in [-0.05, 0) is 65.9 Å². The molecule has 1 amide bonds. The predicted molar refractivity (Wildman–Crippen MR) is 117 cm³/mol. The number of hydrogen-bond acceptors (Lipinski definition) is 4. The highest BCUT2D eigenvalue weighted by atomic mass is 79.9. The highest BCUT2D eigenvalue weighted by Gasteiger charge is 2.23. The summed E-state index contributed by atoms with van der Waals surface area (Å²) in [5.74, 6) is 0.0587. The molecule has 1 aliphatic rings. The zero-order chi connectivity index (χ0) is 20.5. The van der Waals surface area contributed by atoms with Crippen molar-refractivity contribution in [1.29, 1.82) is 0 Å². The van der Waals surface area contributed by atoms with Crippen molar-refractivity contribution in [2.24, 2.45) is 11.7 Å². The van der Waals surface area contributed by atoms with Gasteiger partial charge in [-0.15, -0.1) is 0 Å². The van der Waals surface area contributed by atoms with Crippen LogP contribution in [0.5, 0.6) is 0 Å². The minimum Gasteiger partial charge on any atom is -0.371 e. The zero-order valence-electron chi connectivity index (χ0n) is 16.3. The molecular formula is C22H23BrN4O2. The number of rotatable bonds is 5. The average Bonchev–Trinajstić information content (AvgIpc) is 3.03. The number of carbonyl (C=O) groups excluding carboxylic acids is 2. The maximum absolute atomic E-state index is 11.6. The second-order valence-electron chi connectivity index (χ2n) is 7.58. The standard InChI is InChI=1S/C22H23BrN4O2/c1-14-17-6-5-16(22(24)29)11-21(17)27(25-14)12-15-7-9-26(10-8-15)20-4-2-3-19(23)18(20)13-28/h2-6,11,13,15H,7-10,12H2,1H3,(H2,24,29). The van der Waals surface area contributed by atoms with Gasteiger partial charge >= 0.3 is 0 Å². The Morgan fingerprint density at radius 1 is 1.28 bits per heavy atom. The Morgan fingerprint density at radius 2 is 2.03 bits per heavy atom. The van der Waals surface area contributed by atoms with Gasteiger partial charge < -0.3 is 10.6 Å². The van der Waals surface area contributed by atoms with Crippen LogP contribution in [0.2, 0.25) is 0 Å². The normalized spacial score (nSPS) is 15.0. The minimum absolute atomic E-state index is 0.425. The van der Waals surface area contributed by atoms with Crippen molar-refractivity contribution in [3.8, 4) is 0 Å². The third-order valence-electron chi connectivity index (χ3n) is 5.75. The molecule has 2 aromatic carbocycles. The molecule has 3 aromatic rings. The summed E-state index contributed by atoms with van der Waals surface area (Å²) in [4.78, 5) is 25.3. The van der Waals surface area contributed by atoms with Gasteiger partial charge in [0.15, 0.2) is 6.29 Å². The van der Waals surface area contributed by atoms with Crippen molar-refractivity contribution in [2.45, 2.75) is 26.3 Å². The molecule has 0 radical (unpaired) electrons. The first kappa shape index (κ1) is 19.6. The van der Waals surface area contributed by atoms with Crippen LogP contribution in [0.15, 0.2) is 40.9 Å². The lowest BCUT2D eigenvalue weighted by Gasteiger charge is -2.34. The number of carbonyl (C=O) groups is 2. The summed E-state index contributed by atoms with van der Waals surface area (Å²) in [7, 11) is 0.